The van der Waals surface area contributed by atoms with Gasteiger partial charge in [-0.15, -0.1) is 0 Å². The zero-order chi connectivity index (χ0) is 19.6. The van der Waals surface area contributed by atoms with Crippen LogP contribution in [0.2, 0.25) is 0 Å². The Kier molecular flexibility index (Phi) is 4.94. The lowest BCUT2D eigenvalue weighted by Crippen LogP contribution is -2.33. The van der Waals surface area contributed by atoms with Crippen LogP contribution in [-0.4, -0.2) is 25.7 Å². The van der Waals surface area contributed by atoms with Crippen LogP contribution in [0.1, 0.15) is 55.5 Å². The molecular formula is C20H23N5O2. The van der Waals surface area contributed by atoms with E-state index in [2.05, 4.69) is 20.4 Å². The molecule has 27 heavy (non-hydrogen) atoms. The number of nitrogens with zero attached hydrogens (tertiary/aromatic N) is 3. The van der Waals surface area contributed by atoms with Crippen LogP contribution in [0, 0.1) is 0 Å². The molecule has 0 bridgehead atoms. The van der Waals surface area contributed by atoms with Crippen molar-refractivity contribution >= 4 is 5.91 Å². The van der Waals surface area contributed by atoms with Crippen LogP contribution < -0.4 is 10.9 Å². The van der Waals surface area contributed by atoms with Gasteiger partial charge < -0.3 is 10.3 Å². The molecule has 3 rings (SSSR count). The van der Waals surface area contributed by atoms with Gasteiger partial charge >= 0.3 is 0 Å². The lowest BCUT2D eigenvalue weighted by Gasteiger charge is -2.19. The van der Waals surface area contributed by atoms with Gasteiger partial charge in [-0.05, 0) is 24.6 Å². The maximum absolute atomic E-state index is 12.6. The van der Waals surface area contributed by atoms with Crippen molar-refractivity contribution in [3.8, 4) is 5.69 Å². The number of amides is 1. The van der Waals surface area contributed by atoms with E-state index in [1.54, 1.807) is 10.9 Å². The maximum Gasteiger partial charge on any atom is 0.263 e. The molecule has 0 radical (unpaired) electrons. The summed E-state index contributed by atoms with van der Waals surface area (Å²) in [5, 5.41) is 7.13. The van der Waals surface area contributed by atoms with Gasteiger partial charge in [0.2, 0.25) is 0 Å². The van der Waals surface area contributed by atoms with Gasteiger partial charge in [0.25, 0.3) is 11.5 Å². The highest BCUT2D eigenvalue weighted by molar-refractivity contribution is 5.93. The lowest BCUT2D eigenvalue weighted by atomic mass is 9.96. The molecule has 7 nitrogen and oxygen atoms in total. The molecular weight excluding hydrogens is 342 g/mol. The molecule has 2 aromatic heterocycles. The zero-order valence-electron chi connectivity index (χ0n) is 15.9. The normalized spacial score (nSPS) is 12.6. The van der Waals surface area contributed by atoms with Crippen molar-refractivity contribution in [1.29, 1.82) is 0 Å². The van der Waals surface area contributed by atoms with Crippen molar-refractivity contribution in [2.75, 3.05) is 0 Å². The minimum Gasteiger partial charge on any atom is -0.345 e. The van der Waals surface area contributed by atoms with Gasteiger partial charge in [0, 0.05) is 24.0 Å². The number of hydrogen-bond acceptors (Lipinski definition) is 4. The van der Waals surface area contributed by atoms with Gasteiger partial charge in [-0.1, -0.05) is 39.0 Å². The molecule has 1 amide bonds. The molecule has 1 unspecified atom stereocenters. The van der Waals surface area contributed by atoms with Crippen LogP contribution >= 0.6 is 0 Å². The fourth-order valence-electron chi connectivity index (χ4n) is 2.76. The number of benzene rings is 1. The van der Waals surface area contributed by atoms with Crippen LogP contribution in [0.25, 0.3) is 5.69 Å². The lowest BCUT2D eigenvalue weighted by molar-refractivity contribution is 0.0937. The average molecular weight is 365 g/mol. The molecule has 3 aromatic rings. The summed E-state index contributed by atoms with van der Waals surface area (Å²) in [7, 11) is 0. The summed E-state index contributed by atoms with van der Waals surface area (Å²) in [4.78, 5) is 31.9. The smallest absolute Gasteiger partial charge is 0.263 e. The highest BCUT2D eigenvalue weighted by Gasteiger charge is 2.21. The number of aromatic nitrogens is 4. The van der Waals surface area contributed by atoms with Crippen LogP contribution in [0.3, 0.4) is 0 Å². The number of rotatable bonds is 4. The summed E-state index contributed by atoms with van der Waals surface area (Å²) in [6, 6.07) is 9.18. The number of para-hydroxylation sites is 1. The van der Waals surface area contributed by atoms with Gasteiger partial charge in [0.1, 0.15) is 11.4 Å². The van der Waals surface area contributed by atoms with Gasteiger partial charge in [-0.25, -0.2) is 9.67 Å². The monoisotopic (exact) mass is 365 g/mol. The van der Waals surface area contributed by atoms with Gasteiger partial charge in [-0.3, -0.25) is 9.59 Å². The van der Waals surface area contributed by atoms with Gasteiger partial charge in [0.15, 0.2) is 0 Å². The van der Waals surface area contributed by atoms with Crippen molar-refractivity contribution in [2.45, 2.75) is 39.2 Å². The predicted molar refractivity (Wildman–Crippen MR) is 103 cm³/mol. The fourth-order valence-corrected chi connectivity index (χ4v) is 2.76. The number of hydrogen-bond donors (Lipinski definition) is 2. The van der Waals surface area contributed by atoms with E-state index in [1.165, 1.54) is 6.20 Å². The van der Waals surface area contributed by atoms with E-state index in [9.17, 15) is 9.59 Å². The summed E-state index contributed by atoms with van der Waals surface area (Å²) in [6.07, 6.45) is 4.87. The summed E-state index contributed by atoms with van der Waals surface area (Å²) in [6.45, 7) is 7.70. The first-order valence-corrected chi connectivity index (χ1v) is 8.77. The second kappa shape index (κ2) is 7.19. The van der Waals surface area contributed by atoms with Gasteiger partial charge in [-0.2, -0.15) is 5.10 Å². The largest absolute Gasteiger partial charge is 0.345 e. The number of aromatic amines is 1. The molecule has 1 atom stereocenters. The second-order valence-corrected chi connectivity index (χ2v) is 7.43. The Hall–Kier alpha value is -3.22. The Bertz CT molecular complexity index is 1000. The summed E-state index contributed by atoms with van der Waals surface area (Å²) in [5.41, 5.74) is 1.01. The molecule has 140 valence electrons. The topological polar surface area (TPSA) is 92.7 Å². The van der Waals surface area contributed by atoms with Crippen LogP contribution in [0.15, 0.2) is 53.7 Å². The first kappa shape index (κ1) is 18.6. The third-order valence-corrected chi connectivity index (χ3v) is 4.26. The van der Waals surface area contributed by atoms with Crippen molar-refractivity contribution < 1.29 is 4.79 Å². The Morgan fingerprint density at radius 2 is 1.96 bits per heavy atom. The van der Waals surface area contributed by atoms with Gasteiger partial charge in [0.05, 0.1) is 11.7 Å². The van der Waals surface area contributed by atoms with Crippen LogP contribution in [0.5, 0.6) is 0 Å². The molecule has 0 saturated carbocycles. The SMILES string of the molecule is CC(NC(=O)c1cnc(C(C)(C)C)[nH]c1=O)c1ccccc1-n1cccn1. The Morgan fingerprint density at radius 3 is 2.59 bits per heavy atom. The molecule has 0 aliphatic rings. The van der Waals surface area contributed by atoms with Crippen LogP contribution in [-0.2, 0) is 5.41 Å². The van der Waals surface area contributed by atoms with E-state index in [4.69, 9.17) is 0 Å². The summed E-state index contributed by atoms with van der Waals surface area (Å²) >= 11 is 0. The van der Waals surface area contributed by atoms with Crippen LogP contribution in [0.4, 0.5) is 0 Å². The Labute approximate surface area is 157 Å². The fraction of sp³-hybridized carbons (Fsp3) is 0.300. The van der Waals surface area contributed by atoms with Crippen molar-refractivity contribution in [3.05, 3.63) is 76.2 Å². The number of nitrogens with one attached hydrogen (secondary N) is 2. The molecule has 0 aliphatic carbocycles. The van der Waals surface area contributed by atoms with E-state index in [0.717, 1.165) is 11.3 Å². The van der Waals surface area contributed by atoms with E-state index < -0.39 is 11.5 Å². The molecule has 1 aromatic carbocycles. The number of carbonyl (C=O) groups is 1. The minimum atomic E-state index is -0.466. The first-order valence-electron chi connectivity index (χ1n) is 8.77. The third-order valence-electron chi connectivity index (χ3n) is 4.26. The molecule has 0 spiro atoms. The molecule has 2 heterocycles. The zero-order valence-corrected chi connectivity index (χ0v) is 15.9. The molecule has 0 saturated heterocycles. The standard InChI is InChI=1S/C20H23N5O2/c1-13(14-8-5-6-9-16(14)25-11-7-10-22-25)23-17(26)15-12-21-19(20(2,3)4)24-18(15)27/h5-13H,1-4H3,(H,23,26)(H,21,24,27). The highest BCUT2D eigenvalue weighted by atomic mass is 16.2. The maximum atomic E-state index is 12.6. The summed E-state index contributed by atoms with van der Waals surface area (Å²) in [5.74, 6) is 0.0769. The van der Waals surface area contributed by atoms with Crippen molar-refractivity contribution in [1.82, 2.24) is 25.1 Å². The average Bonchev–Trinajstić information content (AvgIpc) is 3.15. The Balaban J connectivity index is 1.85. The Morgan fingerprint density at radius 1 is 1.22 bits per heavy atom. The number of carbonyl (C=O) groups excluding carboxylic acids is 1. The predicted octanol–water partition coefficient (Wildman–Crippen LogP) is 2.74. The molecule has 0 aliphatic heterocycles. The quantitative estimate of drug-likeness (QED) is 0.743. The third kappa shape index (κ3) is 3.97. The van der Waals surface area contributed by atoms with Crippen molar-refractivity contribution in [3.63, 3.8) is 0 Å². The number of H-pyrrole nitrogens is 1. The first-order chi connectivity index (χ1) is 12.8. The summed E-state index contributed by atoms with van der Waals surface area (Å²) < 4.78 is 1.74. The van der Waals surface area contributed by atoms with Crippen molar-refractivity contribution in [2.24, 2.45) is 0 Å². The molecule has 2 N–H and O–H groups in total. The molecule has 7 heteroatoms. The van der Waals surface area contributed by atoms with E-state index in [-0.39, 0.29) is 17.0 Å². The van der Waals surface area contributed by atoms with E-state index in [1.807, 2.05) is 64.2 Å². The highest BCUT2D eigenvalue weighted by Crippen LogP contribution is 2.21. The molecule has 0 fully saturated rings. The second-order valence-electron chi connectivity index (χ2n) is 7.43. The minimum absolute atomic E-state index is 0.00794. The van der Waals surface area contributed by atoms with E-state index in [0.29, 0.717) is 5.82 Å². The van der Waals surface area contributed by atoms with E-state index >= 15 is 0 Å².